The van der Waals surface area contributed by atoms with Crippen molar-refractivity contribution in [1.29, 1.82) is 0 Å². The zero-order chi connectivity index (χ0) is 40.9. The van der Waals surface area contributed by atoms with Gasteiger partial charge in [-0.3, -0.25) is 19.6 Å². The Morgan fingerprint density at radius 1 is 1.27 bits per heavy atom. The average molecular weight is 791 g/mol. The Hall–Kier alpha value is -4.37. The first kappa shape index (κ1) is 42.8. The average Bonchev–Trinajstić information content (AvgIpc) is 3.76. The van der Waals surface area contributed by atoms with Crippen molar-refractivity contribution in [3.63, 3.8) is 0 Å². The first-order chi connectivity index (χ1) is 26.6. The number of cyclic esters (lactones) is 1. The number of esters is 1. The number of alkyl carbamates (subject to hydrolysis) is 1. The fraction of sp³-hybridized carbons (Fsp3) is 0.548. The van der Waals surface area contributed by atoms with E-state index in [2.05, 4.69) is 54.8 Å². The molecule has 2 aliphatic rings. The number of ether oxygens (including phenoxy) is 4. The number of amides is 2. The van der Waals surface area contributed by atoms with Crippen molar-refractivity contribution in [3.8, 4) is 11.3 Å². The molecule has 56 heavy (non-hydrogen) atoms. The first-order valence-corrected chi connectivity index (χ1v) is 20.3. The molecule has 2 amide bonds. The van der Waals surface area contributed by atoms with Crippen molar-refractivity contribution in [3.05, 3.63) is 58.2 Å². The number of carbonyl (C=O) groups is 3. The lowest BCUT2D eigenvalue weighted by molar-refractivity contribution is -0.156. The third-order valence-electron chi connectivity index (χ3n) is 9.87. The zero-order valence-electron chi connectivity index (χ0n) is 34.5. The van der Waals surface area contributed by atoms with E-state index in [0.717, 1.165) is 39.0 Å². The number of methoxy groups -OCH3 is 1. The summed E-state index contributed by atoms with van der Waals surface area (Å²) >= 11 is 1.35. The summed E-state index contributed by atoms with van der Waals surface area (Å²) in [7, 11) is 1.67. The molecule has 4 heterocycles. The molecule has 1 saturated heterocycles. The predicted molar refractivity (Wildman–Crippen MR) is 220 cm³/mol. The fourth-order valence-electron chi connectivity index (χ4n) is 7.29. The third-order valence-corrected chi connectivity index (χ3v) is 10.8. The van der Waals surface area contributed by atoms with E-state index in [4.69, 9.17) is 28.9 Å². The van der Waals surface area contributed by atoms with Gasteiger partial charge in [-0.15, -0.1) is 11.3 Å². The minimum Gasteiger partial charge on any atom is -0.464 e. The van der Waals surface area contributed by atoms with Crippen LogP contribution in [0.4, 0.5) is 4.79 Å². The molecule has 5 rings (SSSR count). The maximum absolute atomic E-state index is 14.4. The number of rotatable bonds is 9. The molecule has 0 aliphatic carbocycles. The largest absolute Gasteiger partial charge is 0.464 e. The molecule has 14 heteroatoms. The van der Waals surface area contributed by atoms with Gasteiger partial charge >= 0.3 is 12.1 Å². The normalized spacial score (nSPS) is 21.7. The Labute approximate surface area is 334 Å². The predicted octanol–water partition coefficient (Wildman–Crippen LogP) is 7.40. The van der Waals surface area contributed by atoms with Gasteiger partial charge in [-0.05, 0) is 85.4 Å². The van der Waals surface area contributed by atoms with Crippen LogP contribution in [0.15, 0.2) is 46.9 Å². The van der Waals surface area contributed by atoms with Crippen molar-refractivity contribution in [2.45, 2.75) is 118 Å². The minimum absolute atomic E-state index is 0.127. The van der Waals surface area contributed by atoms with Gasteiger partial charge in [-0.25, -0.2) is 15.2 Å². The van der Waals surface area contributed by atoms with Crippen molar-refractivity contribution in [2.75, 3.05) is 26.9 Å². The van der Waals surface area contributed by atoms with E-state index >= 15 is 0 Å². The van der Waals surface area contributed by atoms with Crippen LogP contribution in [0.1, 0.15) is 97.5 Å². The molecule has 0 radical (unpaired) electrons. The summed E-state index contributed by atoms with van der Waals surface area (Å²) in [6.45, 7) is 22.8. The van der Waals surface area contributed by atoms with Crippen LogP contribution in [-0.4, -0.2) is 89.4 Å². The zero-order valence-corrected chi connectivity index (χ0v) is 35.3. The number of aryl methyl sites for hydroxylation is 1. The molecule has 4 atom stereocenters. The van der Waals surface area contributed by atoms with Gasteiger partial charge in [0.25, 0.3) is 5.91 Å². The van der Waals surface area contributed by atoms with E-state index < -0.39 is 47.2 Å². The number of benzene rings is 1. The minimum atomic E-state index is -1.22. The van der Waals surface area contributed by atoms with Gasteiger partial charge in [0.05, 0.1) is 29.8 Å². The van der Waals surface area contributed by atoms with E-state index in [-0.39, 0.29) is 19.3 Å². The van der Waals surface area contributed by atoms with Gasteiger partial charge in [0.15, 0.2) is 0 Å². The Bertz CT molecular complexity index is 1990. The molecule has 6 bridgehead atoms. The number of allylic oxidation sites excluding steroid dienone is 2. The van der Waals surface area contributed by atoms with Crippen molar-refractivity contribution < 1.29 is 33.3 Å². The third kappa shape index (κ3) is 9.42. The summed E-state index contributed by atoms with van der Waals surface area (Å²) in [6, 6.07) is 4.29. The number of fused-ring (bicyclic) bond motifs is 6. The van der Waals surface area contributed by atoms with Crippen molar-refractivity contribution >= 4 is 52.0 Å². The van der Waals surface area contributed by atoms with E-state index in [1.807, 2.05) is 38.3 Å². The Morgan fingerprint density at radius 2 is 2.02 bits per heavy atom. The monoisotopic (exact) mass is 790 g/mol. The molecule has 0 spiro atoms. The van der Waals surface area contributed by atoms with Gasteiger partial charge < -0.3 is 28.8 Å². The molecule has 3 aromatic rings. The number of hydrogen-bond donors (Lipinski definition) is 2. The standard InChI is InChI=1S/C42H58N6O7S/c1-12-27(33(43-13-2)25(5)52-11)35-29-22-42(9,10)24-54-39(50)30-17-16-20-48(46-30)38(49)34(45-40(51)55-41(6,7)8)36(53-15-4)37-44-31(23-56-37)26-18-19-32(28(29)21-26)47(35)14-3/h12-13,18-19,21,23,25,30,34,36,46H,1,14-17,20,22,24H2,2-11H3,(H,45,51)/b33-27+,43-13?/t25-,30-,34-,36-/m0/s1. The van der Waals surface area contributed by atoms with Gasteiger partial charge in [0.1, 0.15) is 28.8 Å². The van der Waals surface area contributed by atoms with Gasteiger partial charge in [0, 0.05) is 65.9 Å². The number of hydrogen-bond acceptors (Lipinski definition) is 11. The number of aromatic nitrogens is 2. The van der Waals surface area contributed by atoms with E-state index in [1.54, 1.807) is 34.1 Å². The van der Waals surface area contributed by atoms with Crippen LogP contribution in [0.5, 0.6) is 0 Å². The molecule has 13 nitrogen and oxygen atoms in total. The van der Waals surface area contributed by atoms with Gasteiger partial charge in [-0.2, -0.15) is 0 Å². The second kappa shape index (κ2) is 17.8. The topological polar surface area (TPSA) is 146 Å². The molecular weight excluding hydrogens is 733 g/mol. The number of nitrogens with one attached hydrogen (secondary N) is 2. The second-order valence-corrected chi connectivity index (χ2v) is 16.8. The Morgan fingerprint density at radius 3 is 2.66 bits per heavy atom. The van der Waals surface area contributed by atoms with Crippen LogP contribution in [-0.2, 0) is 41.5 Å². The summed E-state index contributed by atoms with van der Waals surface area (Å²) in [5.74, 6) is -0.942. The number of carbonyl (C=O) groups excluding carboxylic acids is 3. The molecule has 304 valence electrons. The molecule has 2 aliphatic heterocycles. The molecular formula is C42H58N6O7S. The van der Waals surface area contributed by atoms with Crippen LogP contribution in [0.25, 0.3) is 27.7 Å². The fourth-order valence-corrected chi connectivity index (χ4v) is 8.20. The summed E-state index contributed by atoms with van der Waals surface area (Å²) in [5, 5.41) is 7.63. The molecule has 2 aromatic heterocycles. The SMILES string of the molecule is C=C/C(=C(\N=CC)[C@H](C)OC)c1c2c3cc(ccc3n1CC)-c1csc(n1)[C@@H](OCC)[C@H](NC(=O)OC(C)(C)C)C(=O)N1CCC[C@H](N1)C(=O)OCC(C)(C)C2. The summed E-state index contributed by atoms with van der Waals surface area (Å²) in [6.07, 6.45) is 3.14. The lowest BCUT2D eigenvalue weighted by Gasteiger charge is -2.37. The molecule has 0 unspecified atom stereocenters. The number of nitrogens with zero attached hydrogens (tertiary/aromatic N) is 4. The van der Waals surface area contributed by atoms with E-state index in [9.17, 15) is 14.4 Å². The first-order valence-electron chi connectivity index (χ1n) is 19.4. The van der Waals surface area contributed by atoms with Crippen molar-refractivity contribution in [1.82, 2.24) is 25.3 Å². The Kier molecular flexibility index (Phi) is 13.6. The van der Waals surface area contributed by atoms with Gasteiger partial charge in [-0.1, -0.05) is 32.6 Å². The van der Waals surface area contributed by atoms with Gasteiger partial charge in [0.2, 0.25) is 0 Å². The number of thiazole rings is 1. The maximum atomic E-state index is 14.4. The van der Waals surface area contributed by atoms with Crippen LogP contribution in [0.3, 0.4) is 0 Å². The number of aliphatic imine (C=N–C) groups is 1. The lowest BCUT2D eigenvalue weighted by atomic mass is 9.84. The van der Waals surface area contributed by atoms with Crippen LogP contribution >= 0.6 is 11.3 Å². The highest BCUT2D eigenvalue weighted by molar-refractivity contribution is 7.10. The molecule has 2 N–H and O–H groups in total. The molecule has 1 aromatic carbocycles. The van der Waals surface area contributed by atoms with Crippen LogP contribution in [0, 0.1) is 5.41 Å². The van der Waals surface area contributed by atoms with Crippen LogP contribution < -0.4 is 10.7 Å². The lowest BCUT2D eigenvalue weighted by Crippen LogP contribution is -2.61. The summed E-state index contributed by atoms with van der Waals surface area (Å²) < 4.78 is 26.0. The number of hydrazine groups is 1. The highest BCUT2D eigenvalue weighted by Crippen LogP contribution is 2.41. The summed E-state index contributed by atoms with van der Waals surface area (Å²) in [4.78, 5) is 51.3. The summed E-state index contributed by atoms with van der Waals surface area (Å²) in [5.41, 5.74) is 8.01. The van der Waals surface area contributed by atoms with E-state index in [1.165, 1.54) is 16.3 Å². The van der Waals surface area contributed by atoms with Crippen LogP contribution in [0.2, 0.25) is 0 Å². The maximum Gasteiger partial charge on any atom is 0.408 e. The molecule has 0 saturated carbocycles. The second-order valence-electron chi connectivity index (χ2n) is 15.9. The smallest absolute Gasteiger partial charge is 0.408 e. The van der Waals surface area contributed by atoms with Crippen molar-refractivity contribution in [2.24, 2.45) is 10.4 Å². The highest BCUT2D eigenvalue weighted by atomic mass is 32.1. The quantitative estimate of drug-likeness (QED) is 0.129. The van der Waals surface area contributed by atoms with E-state index in [0.29, 0.717) is 43.1 Å². The Balaban J connectivity index is 1.76. The molecule has 1 fully saturated rings. The highest BCUT2D eigenvalue weighted by Gasteiger charge is 2.41.